The fraction of sp³-hybridized carbons (Fsp3) is 1.00. The first-order valence-corrected chi connectivity index (χ1v) is 8.68. The molecule has 2 N–H and O–H groups in total. The van der Waals surface area contributed by atoms with E-state index in [4.69, 9.17) is 0 Å². The molecule has 2 atom stereocenters. The van der Waals surface area contributed by atoms with Gasteiger partial charge in [0.2, 0.25) is 0 Å². The van der Waals surface area contributed by atoms with E-state index in [1.54, 1.807) is 0 Å². The van der Waals surface area contributed by atoms with Gasteiger partial charge in [0.1, 0.15) is 0 Å². The highest BCUT2D eigenvalue weighted by atomic mass is 32.2. The van der Waals surface area contributed by atoms with Crippen molar-refractivity contribution in [3.8, 4) is 0 Å². The maximum atomic E-state index is 11.3. The van der Waals surface area contributed by atoms with Gasteiger partial charge in [0.25, 0.3) is 0 Å². The van der Waals surface area contributed by atoms with Crippen LogP contribution in [0.4, 0.5) is 0 Å². The summed E-state index contributed by atoms with van der Waals surface area (Å²) in [5.74, 6) is -0.00440. The molecule has 94 valence electrons. The standard InChI is InChI=1S/C10H19NO3S2/c1-15-10(3-2-4-10)7-11-8-5-16(13,14)6-9(8)12/h8-9,11-12H,2-7H2,1H3. The first-order chi connectivity index (χ1) is 7.46. The van der Waals surface area contributed by atoms with E-state index in [0.717, 1.165) is 6.54 Å². The monoisotopic (exact) mass is 265 g/mol. The summed E-state index contributed by atoms with van der Waals surface area (Å²) in [4.78, 5) is 0. The molecular formula is C10H19NO3S2. The van der Waals surface area contributed by atoms with Gasteiger partial charge in [0.05, 0.1) is 17.6 Å². The minimum Gasteiger partial charge on any atom is -0.390 e. The Kier molecular flexibility index (Phi) is 3.55. The van der Waals surface area contributed by atoms with E-state index < -0.39 is 15.9 Å². The summed E-state index contributed by atoms with van der Waals surface area (Å²) >= 11 is 1.85. The molecule has 1 saturated heterocycles. The summed E-state index contributed by atoms with van der Waals surface area (Å²) in [6, 6.07) is -0.269. The van der Waals surface area contributed by atoms with Gasteiger partial charge >= 0.3 is 0 Å². The number of sulfone groups is 1. The lowest BCUT2D eigenvalue weighted by atomic mass is 9.84. The van der Waals surface area contributed by atoms with Gasteiger partial charge in [-0.25, -0.2) is 8.42 Å². The highest BCUT2D eigenvalue weighted by Gasteiger charge is 2.40. The summed E-state index contributed by atoms with van der Waals surface area (Å²) in [5.41, 5.74) is 0. The number of hydrogen-bond acceptors (Lipinski definition) is 5. The van der Waals surface area contributed by atoms with Crippen molar-refractivity contribution >= 4 is 21.6 Å². The van der Waals surface area contributed by atoms with Gasteiger partial charge < -0.3 is 10.4 Å². The zero-order valence-corrected chi connectivity index (χ0v) is 11.1. The van der Waals surface area contributed by atoms with E-state index in [9.17, 15) is 13.5 Å². The van der Waals surface area contributed by atoms with Gasteiger partial charge in [-0.3, -0.25) is 0 Å². The Hall–Kier alpha value is 0.220. The molecule has 0 amide bonds. The van der Waals surface area contributed by atoms with Gasteiger partial charge in [-0.15, -0.1) is 0 Å². The number of hydrogen-bond donors (Lipinski definition) is 2. The molecule has 0 bridgehead atoms. The molecule has 0 spiro atoms. The van der Waals surface area contributed by atoms with Crippen molar-refractivity contribution in [2.24, 2.45) is 0 Å². The predicted molar refractivity (Wildman–Crippen MR) is 66.5 cm³/mol. The minimum absolute atomic E-state index is 0.0820. The molecule has 1 heterocycles. The van der Waals surface area contributed by atoms with Crippen LogP contribution >= 0.6 is 11.8 Å². The first-order valence-electron chi connectivity index (χ1n) is 5.63. The number of nitrogens with one attached hydrogen (secondary N) is 1. The third kappa shape index (κ3) is 2.55. The van der Waals surface area contributed by atoms with Gasteiger partial charge in [0, 0.05) is 17.3 Å². The Morgan fingerprint density at radius 1 is 1.44 bits per heavy atom. The molecule has 2 unspecified atom stereocenters. The zero-order valence-electron chi connectivity index (χ0n) is 9.48. The molecular weight excluding hydrogens is 246 g/mol. The van der Waals surface area contributed by atoms with Crippen LogP contribution in [-0.2, 0) is 9.84 Å². The van der Waals surface area contributed by atoms with Crippen molar-refractivity contribution < 1.29 is 13.5 Å². The Balaban J connectivity index is 1.87. The second-order valence-electron chi connectivity index (χ2n) is 4.87. The zero-order chi connectivity index (χ0) is 11.8. The third-order valence-corrected chi connectivity index (χ3v) is 6.84. The van der Waals surface area contributed by atoms with Crippen molar-refractivity contribution in [2.45, 2.75) is 36.2 Å². The number of aliphatic hydroxyl groups is 1. The Bertz CT molecular complexity index is 346. The van der Waals surface area contributed by atoms with Crippen molar-refractivity contribution in [1.82, 2.24) is 5.32 Å². The summed E-state index contributed by atoms with van der Waals surface area (Å²) in [7, 11) is -3.03. The Morgan fingerprint density at radius 3 is 2.50 bits per heavy atom. The van der Waals surface area contributed by atoms with Crippen LogP contribution < -0.4 is 5.32 Å². The highest BCUT2D eigenvalue weighted by molar-refractivity contribution is 8.00. The van der Waals surface area contributed by atoms with Crippen LogP contribution in [0.3, 0.4) is 0 Å². The maximum Gasteiger partial charge on any atom is 0.154 e. The van der Waals surface area contributed by atoms with Crippen LogP contribution in [0.15, 0.2) is 0 Å². The lowest BCUT2D eigenvalue weighted by molar-refractivity contribution is 0.161. The van der Waals surface area contributed by atoms with Crippen LogP contribution in [0, 0.1) is 0 Å². The van der Waals surface area contributed by atoms with E-state index >= 15 is 0 Å². The first kappa shape index (κ1) is 12.7. The molecule has 0 aromatic carbocycles. The molecule has 16 heavy (non-hydrogen) atoms. The Labute approximate surface area is 101 Å². The molecule has 2 fully saturated rings. The van der Waals surface area contributed by atoms with Crippen molar-refractivity contribution in [2.75, 3.05) is 24.3 Å². The molecule has 2 aliphatic rings. The molecule has 0 aromatic rings. The third-order valence-electron chi connectivity index (χ3n) is 3.71. The van der Waals surface area contributed by atoms with Crippen LogP contribution in [0.1, 0.15) is 19.3 Å². The average molecular weight is 265 g/mol. The second-order valence-corrected chi connectivity index (χ2v) is 8.30. The fourth-order valence-electron chi connectivity index (χ4n) is 2.37. The van der Waals surface area contributed by atoms with Crippen LogP contribution in [0.25, 0.3) is 0 Å². The van der Waals surface area contributed by atoms with Gasteiger partial charge in [-0.2, -0.15) is 11.8 Å². The normalized spacial score (nSPS) is 35.9. The highest BCUT2D eigenvalue weighted by Crippen LogP contribution is 2.42. The minimum atomic E-state index is -3.03. The van der Waals surface area contributed by atoms with Gasteiger partial charge in [-0.05, 0) is 19.1 Å². The van der Waals surface area contributed by atoms with Crippen molar-refractivity contribution in [3.05, 3.63) is 0 Å². The van der Waals surface area contributed by atoms with E-state index in [2.05, 4.69) is 11.6 Å². The van der Waals surface area contributed by atoms with Crippen LogP contribution in [-0.4, -0.2) is 54.7 Å². The summed E-state index contributed by atoms with van der Waals surface area (Å²) in [5, 5.41) is 12.9. The van der Waals surface area contributed by atoms with E-state index in [1.807, 2.05) is 11.8 Å². The average Bonchev–Trinajstić information content (AvgIpc) is 2.38. The number of thioether (sulfide) groups is 1. The van der Waals surface area contributed by atoms with E-state index in [1.165, 1.54) is 19.3 Å². The SMILES string of the molecule is CSC1(CNC2CS(=O)(=O)CC2O)CCC1. The number of aliphatic hydroxyl groups excluding tert-OH is 1. The largest absolute Gasteiger partial charge is 0.390 e. The molecule has 1 saturated carbocycles. The quantitative estimate of drug-likeness (QED) is 0.750. The second kappa shape index (κ2) is 4.48. The molecule has 0 aromatic heterocycles. The van der Waals surface area contributed by atoms with Gasteiger partial charge in [0.15, 0.2) is 9.84 Å². The molecule has 6 heteroatoms. The van der Waals surface area contributed by atoms with E-state index in [0.29, 0.717) is 0 Å². The lowest BCUT2D eigenvalue weighted by Crippen LogP contribution is -2.49. The molecule has 2 rings (SSSR count). The Morgan fingerprint density at radius 2 is 2.12 bits per heavy atom. The number of rotatable bonds is 4. The summed E-state index contributed by atoms with van der Waals surface area (Å²) < 4.78 is 22.9. The summed E-state index contributed by atoms with van der Waals surface area (Å²) in [6.45, 7) is 0.811. The maximum absolute atomic E-state index is 11.3. The molecule has 1 aliphatic heterocycles. The van der Waals surface area contributed by atoms with Crippen LogP contribution in [0.5, 0.6) is 0 Å². The van der Waals surface area contributed by atoms with Crippen molar-refractivity contribution in [3.63, 3.8) is 0 Å². The molecule has 0 radical (unpaired) electrons. The van der Waals surface area contributed by atoms with Gasteiger partial charge in [-0.1, -0.05) is 6.42 Å². The smallest absolute Gasteiger partial charge is 0.154 e. The van der Waals surface area contributed by atoms with E-state index in [-0.39, 0.29) is 22.3 Å². The topological polar surface area (TPSA) is 66.4 Å². The van der Waals surface area contributed by atoms with Crippen molar-refractivity contribution in [1.29, 1.82) is 0 Å². The predicted octanol–water partition coefficient (Wildman–Crippen LogP) is 0.0196. The van der Waals surface area contributed by atoms with Crippen LogP contribution in [0.2, 0.25) is 0 Å². The lowest BCUT2D eigenvalue weighted by Gasteiger charge is -2.41. The molecule has 1 aliphatic carbocycles. The summed E-state index contributed by atoms with van der Waals surface area (Å²) in [6.07, 6.45) is 5.01. The fourth-order valence-corrected chi connectivity index (χ4v) is 5.07. The molecule has 4 nitrogen and oxygen atoms in total.